The van der Waals surface area contributed by atoms with Crippen LogP contribution in [0, 0.1) is 5.82 Å². The van der Waals surface area contributed by atoms with Crippen molar-refractivity contribution in [3.63, 3.8) is 0 Å². The number of hydrogen-bond donors (Lipinski definition) is 1. The third-order valence-electron chi connectivity index (χ3n) is 4.38. The summed E-state index contributed by atoms with van der Waals surface area (Å²) in [6.07, 6.45) is 2.16. The summed E-state index contributed by atoms with van der Waals surface area (Å²) in [4.78, 5) is 2.32. The van der Waals surface area contributed by atoms with E-state index in [1.54, 1.807) is 19.2 Å². The topological polar surface area (TPSA) is 24.5 Å². The van der Waals surface area contributed by atoms with Crippen LogP contribution in [0.3, 0.4) is 0 Å². The molecule has 1 N–H and O–H groups in total. The largest absolute Gasteiger partial charge is 0.377 e. The number of methoxy groups -OCH3 is 1. The molecule has 1 aliphatic rings. The summed E-state index contributed by atoms with van der Waals surface area (Å²) in [5.74, 6) is -0.183. The van der Waals surface area contributed by atoms with Crippen LogP contribution in [0.15, 0.2) is 18.2 Å². The van der Waals surface area contributed by atoms with Gasteiger partial charge in [-0.2, -0.15) is 0 Å². The van der Waals surface area contributed by atoms with Gasteiger partial charge in [0.15, 0.2) is 0 Å². The lowest BCUT2D eigenvalue weighted by molar-refractivity contribution is -0.00469. The zero-order chi connectivity index (χ0) is 14.8. The Hall–Kier alpha value is -1.13. The van der Waals surface area contributed by atoms with Crippen molar-refractivity contribution in [1.29, 1.82) is 0 Å². The van der Waals surface area contributed by atoms with Gasteiger partial charge in [0.25, 0.3) is 0 Å². The lowest BCUT2D eigenvalue weighted by Gasteiger charge is -2.41. The Morgan fingerprint density at radius 3 is 2.85 bits per heavy atom. The number of ether oxygens (including phenoxy) is 1. The van der Waals surface area contributed by atoms with E-state index < -0.39 is 0 Å². The van der Waals surface area contributed by atoms with Crippen molar-refractivity contribution in [1.82, 2.24) is 5.32 Å². The number of benzene rings is 1. The van der Waals surface area contributed by atoms with Crippen LogP contribution in [0.1, 0.15) is 38.3 Å². The molecule has 0 amide bonds. The average molecular weight is 280 g/mol. The standard InChI is InChI=1S/C16H25FN2O/c1-12(18-3)14-10-13(17)6-7-15(14)19-9-5-8-16(2,11-19)20-4/h6-7,10,12,18H,5,8-9,11H2,1-4H3. The molecule has 1 heterocycles. The molecule has 0 radical (unpaired) electrons. The molecular weight excluding hydrogens is 255 g/mol. The lowest BCUT2D eigenvalue weighted by atomic mass is 9.93. The average Bonchev–Trinajstić information content (AvgIpc) is 2.46. The molecule has 2 atom stereocenters. The highest BCUT2D eigenvalue weighted by Crippen LogP contribution is 2.33. The van der Waals surface area contributed by atoms with Gasteiger partial charge >= 0.3 is 0 Å². The maximum atomic E-state index is 13.6. The molecule has 0 spiro atoms. The summed E-state index contributed by atoms with van der Waals surface area (Å²) >= 11 is 0. The van der Waals surface area contributed by atoms with E-state index >= 15 is 0 Å². The van der Waals surface area contributed by atoms with Gasteiger partial charge < -0.3 is 15.0 Å². The number of piperidine rings is 1. The van der Waals surface area contributed by atoms with Crippen LogP contribution in [0.5, 0.6) is 0 Å². The predicted octanol–water partition coefficient (Wildman–Crippen LogP) is 3.11. The molecule has 1 fully saturated rings. The van der Waals surface area contributed by atoms with E-state index in [0.717, 1.165) is 37.2 Å². The van der Waals surface area contributed by atoms with Gasteiger partial charge in [-0.1, -0.05) is 0 Å². The molecule has 112 valence electrons. The number of anilines is 1. The first kappa shape index (κ1) is 15.3. The molecule has 3 nitrogen and oxygen atoms in total. The molecule has 4 heteroatoms. The van der Waals surface area contributed by atoms with E-state index in [1.165, 1.54) is 0 Å². The van der Waals surface area contributed by atoms with Gasteiger partial charge in [0, 0.05) is 31.9 Å². The summed E-state index contributed by atoms with van der Waals surface area (Å²) in [5.41, 5.74) is 2.00. The highest BCUT2D eigenvalue weighted by molar-refractivity contribution is 5.56. The van der Waals surface area contributed by atoms with Gasteiger partial charge in [0.05, 0.1) is 5.60 Å². The fraction of sp³-hybridized carbons (Fsp3) is 0.625. The Labute approximate surface area is 121 Å². The maximum Gasteiger partial charge on any atom is 0.123 e. The molecule has 0 saturated carbocycles. The second-order valence-electron chi connectivity index (χ2n) is 5.89. The van der Waals surface area contributed by atoms with Crippen LogP contribution in [0.2, 0.25) is 0 Å². The molecule has 1 aliphatic heterocycles. The normalized spacial score (nSPS) is 24.8. The van der Waals surface area contributed by atoms with Crippen molar-refractivity contribution in [2.24, 2.45) is 0 Å². The fourth-order valence-corrected chi connectivity index (χ4v) is 2.89. The lowest BCUT2D eigenvalue weighted by Crippen LogP contribution is -2.47. The number of rotatable bonds is 4. The minimum absolute atomic E-state index is 0.118. The van der Waals surface area contributed by atoms with Crippen LogP contribution >= 0.6 is 0 Å². The second kappa shape index (κ2) is 6.10. The Balaban J connectivity index is 2.32. The fourth-order valence-electron chi connectivity index (χ4n) is 2.89. The molecule has 20 heavy (non-hydrogen) atoms. The molecule has 1 aromatic rings. The number of hydrogen-bond acceptors (Lipinski definition) is 3. The molecule has 1 aromatic carbocycles. The Morgan fingerprint density at radius 2 is 2.20 bits per heavy atom. The third kappa shape index (κ3) is 3.13. The molecule has 0 bridgehead atoms. The Kier molecular flexibility index (Phi) is 4.66. The number of halogens is 1. The van der Waals surface area contributed by atoms with Crippen LogP contribution in [0.25, 0.3) is 0 Å². The van der Waals surface area contributed by atoms with Crippen molar-refractivity contribution in [3.8, 4) is 0 Å². The van der Waals surface area contributed by atoms with Gasteiger partial charge in [-0.3, -0.25) is 0 Å². The first-order valence-electron chi connectivity index (χ1n) is 7.26. The van der Waals surface area contributed by atoms with Crippen molar-refractivity contribution < 1.29 is 9.13 Å². The second-order valence-corrected chi connectivity index (χ2v) is 5.89. The van der Waals surface area contributed by atoms with Gasteiger partial charge in [0.2, 0.25) is 0 Å². The molecule has 1 saturated heterocycles. The van der Waals surface area contributed by atoms with Crippen molar-refractivity contribution in [2.45, 2.75) is 38.3 Å². The van der Waals surface area contributed by atoms with E-state index in [0.29, 0.717) is 0 Å². The molecular formula is C16H25FN2O. The van der Waals surface area contributed by atoms with Crippen molar-refractivity contribution in [3.05, 3.63) is 29.6 Å². The van der Waals surface area contributed by atoms with Crippen molar-refractivity contribution >= 4 is 5.69 Å². The highest BCUT2D eigenvalue weighted by Gasteiger charge is 2.32. The van der Waals surface area contributed by atoms with Gasteiger partial charge in [-0.15, -0.1) is 0 Å². The monoisotopic (exact) mass is 280 g/mol. The van der Waals surface area contributed by atoms with Gasteiger partial charge in [-0.25, -0.2) is 4.39 Å². The summed E-state index contributed by atoms with van der Waals surface area (Å²) < 4.78 is 19.2. The van der Waals surface area contributed by atoms with Crippen LogP contribution in [0.4, 0.5) is 10.1 Å². The molecule has 2 unspecified atom stereocenters. The van der Waals surface area contributed by atoms with Gasteiger partial charge in [0.1, 0.15) is 5.82 Å². The van der Waals surface area contributed by atoms with E-state index in [9.17, 15) is 4.39 Å². The van der Waals surface area contributed by atoms with Crippen LogP contribution in [-0.4, -0.2) is 32.8 Å². The number of nitrogens with zero attached hydrogens (tertiary/aromatic N) is 1. The quantitative estimate of drug-likeness (QED) is 0.917. The van der Waals surface area contributed by atoms with Crippen LogP contribution < -0.4 is 10.2 Å². The number of nitrogens with one attached hydrogen (secondary N) is 1. The zero-order valence-electron chi connectivity index (χ0n) is 12.9. The minimum atomic E-state index is -0.183. The Bertz CT molecular complexity index is 466. The first-order valence-corrected chi connectivity index (χ1v) is 7.26. The predicted molar refractivity (Wildman–Crippen MR) is 80.7 cm³/mol. The van der Waals surface area contributed by atoms with E-state index in [4.69, 9.17) is 4.74 Å². The Morgan fingerprint density at radius 1 is 1.45 bits per heavy atom. The zero-order valence-corrected chi connectivity index (χ0v) is 12.9. The first-order chi connectivity index (χ1) is 9.49. The minimum Gasteiger partial charge on any atom is -0.377 e. The van der Waals surface area contributed by atoms with E-state index in [1.807, 2.05) is 13.1 Å². The summed E-state index contributed by atoms with van der Waals surface area (Å²) in [6, 6.07) is 5.19. The van der Waals surface area contributed by atoms with Crippen molar-refractivity contribution in [2.75, 3.05) is 32.1 Å². The van der Waals surface area contributed by atoms with Gasteiger partial charge in [-0.05, 0) is 57.5 Å². The third-order valence-corrected chi connectivity index (χ3v) is 4.38. The summed E-state index contributed by atoms with van der Waals surface area (Å²) in [7, 11) is 3.67. The highest BCUT2D eigenvalue weighted by atomic mass is 19.1. The van der Waals surface area contributed by atoms with E-state index in [-0.39, 0.29) is 17.5 Å². The summed E-state index contributed by atoms with van der Waals surface area (Å²) in [6.45, 7) is 6.04. The molecule has 2 rings (SSSR count). The van der Waals surface area contributed by atoms with Crippen LogP contribution in [-0.2, 0) is 4.74 Å². The van der Waals surface area contributed by atoms with E-state index in [2.05, 4.69) is 24.1 Å². The smallest absolute Gasteiger partial charge is 0.123 e. The molecule has 0 aromatic heterocycles. The summed E-state index contributed by atoms with van der Waals surface area (Å²) in [5, 5.41) is 3.20. The molecule has 0 aliphatic carbocycles. The maximum absolute atomic E-state index is 13.6. The SMILES string of the molecule is CNC(C)c1cc(F)ccc1N1CCCC(C)(OC)C1.